The molecule has 1 spiro atoms. The van der Waals surface area contributed by atoms with Crippen LogP contribution in [0.1, 0.15) is 36.3 Å². The average Bonchev–Trinajstić information content (AvgIpc) is 3.39. The quantitative estimate of drug-likeness (QED) is 0.736. The van der Waals surface area contributed by atoms with Crippen molar-refractivity contribution in [2.45, 2.75) is 45.5 Å². The lowest BCUT2D eigenvalue weighted by Gasteiger charge is -2.40. The highest BCUT2D eigenvalue weighted by Crippen LogP contribution is 2.40. The molecule has 4 rings (SSSR count). The van der Waals surface area contributed by atoms with E-state index < -0.39 is 12.1 Å². The van der Waals surface area contributed by atoms with Gasteiger partial charge in [0, 0.05) is 19.6 Å². The first-order valence-electron chi connectivity index (χ1n) is 9.96. The van der Waals surface area contributed by atoms with Gasteiger partial charge in [-0.1, -0.05) is 0 Å². The number of carboxylic acid groups (broad SMARTS) is 1. The third-order valence-corrected chi connectivity index (χ3v) is 6.39. The molecule has 0 amide bonds. The number of carboxylic acids is 1. The number of carbonyl (C=O) groups is 1. The van der Waals surface area contributed by atoms with Crippen molar-refractivity contribution in [3.8, 4) is 0 Å². The molecule has 1 atom stereocenters. The molecule has 2 saturated heterocycles. The highest BCUT2D eigenvalue weighted by molar-refractivity contribution is 7.07. The fourth-order valence-electron chi connectivity index (χ4n) is 4.37. The number of nitrogens with zero attached hydrogens (tertiary/aromatic N) is 2. The van der Waals surface area contributed by atoms with Crippen molar-refractivity contribution in [3.63, 3.8) is 0 Å². The molecule has 0 bridgehead atoms. The summed E-state index contributed by atoms with van der Waals surface area (Å²) in [7, 11) is 0. The van der Waals surface area contributed by atoms with Crippen LogP contribution in [0.2, 0.25) is 0 Å². The topological polar surface area (TPSA) is 56.9 Å². The van der Waals surface area contributed by atoms with E-state index in [9.17, 15) is 13.2 Å². The fourth-order valence-corrected chi connectivity index (χ4v) is 5.03. The maximum Gasteiger partial charge on any atom is 0.490 e. The maximum absolute atomic E-state index is 10.6. The number of piperidine rings is 1. The molecule has 0 aromatic carbocycles. The Hall–Kier alpha value is -1.84. The molecule has 1 unspecified atom stereocenters. The second-order valence-corrected chi connectivity index (χ2v) is 9.00. The van der Waals surface area contributed by atoms with Crippen LogP contribution in [0.15, 0.2) is 33.4 Å². The number of likely N-dealkylation sites (tertiary alicyclic amines) is 2. The molecule has 0 radical (unpaired) electrons. The summed E-state index contributed by atoms with van der Waals surface area (Å²) in [6.45, 7) is 9.09. The molecule has 2 aromatic rings. The van der Waals surface area contributed by atoms with Gasteiger partial charge in [0.2, 0.25) is 0 Å². The van der Waals surface area contributed by atoms with Gasteiger partial charge in [0.1, 0.15) is 11.5 Å². The van der Waals surface area contributed by atoms with Crippen LogP contribution in [0.5, 0.6) is 0 Å². The normalized spacial score (nSPS) is 22.8. The zero-order valence-electron chi connectivity index (χ0n) is 17.0. The van der Waals surface area contributed by atoms with E-state index in [-0.39, 0.29) is 0 Å². The van der Waals surface area contributed by atoms with Gasteiger partial charge in [-0.15, -0.1) is 0 Å². The smallest absolute Gasteiger partial charge is 0.475 e. The molecule has 5 nitrogen and oxygen atoms in total. The van der Waals surface area contributed by atoms with E-state index in [1.165, 1.54) is 51.0 Å². The van der Waals surface area contributed by atoms with Gasteiger partial charge < -0.3 is 9.52 Å². The summed E-state index contributed by atoms with van der Waals surface area (Å²) in [6, 6.07) is 6.48. The average molecular weight is 445 g/mol. The first kappa shape index (κ1) is 22.8. The minimum atomic E-state index is -5.08. The van der Waals surface area contributed by atoms with Gasteiger partial charge >= 0.3 is 12.1 Å². The van der Waals surface area contributed by atoms with Gasteiger partial charge in [-0.05, 0) is 79.2 Å². The van der Waals surface area contributed by atoms with Gasteiger partial charge in [0.05, 0.1) is 6.54 Å². The van der Waals surface area contributed by atoms with Gasteiger partial charge in [-0.2, -0.15) is 24.5 Å². The number of hydrogen-bond donors (Lipinski definition) is 1. The van der Waals surface area contributed by atoms with Crippen molar-refractivity contribution < 1.29 is 27.5 Å². The largest absolute Gasteiger partial charge is 0.490 e. The van der Waals surface area contributed by atoms with Crippen molar-refractivity contribution in [2.24, 2.45) is 5.41 Å². The maximum atomic E-state index is 10.6. The lowest BCUT2D eigenvalue weighted by molar-refractivity contribution is -0.192. The number of rotatable bonds is 4. The molecule has 166 valence electrons. The van der Waals surface area contributed by atoms with Crippen LogP contribution in [0, 0.1) is 12.3 Å². The number of halogens is 3. The Bertz CT molecular complexity index is 822. The molecule has 30 heavy (non-hydrogen) atoms. The number of aliphatic carboxylic acids is 1. The Morgan fingerprint density at radius 1 is 1.17 bits per heavy atom. The van der Waals surface area contributed by atoms with E-state index in [4.69, 9.17) is 14.3 Å². The Labute approximate surface area is 178 Å². The van der Waals surface area contributed by atoms with E-state index in [1.807, 2.05) is 18.3 Å². The molecule has 2 fully saturated rings. The molecule has 2 aromatic heterocycles. The Balaban J connectivity index is 0.000000318. The number of hydrogen-bond acceptors (Lipinski definition) is 5. The molecule has 0 aliphatic carbocycles. The van der Waals surface area contributed by atoms with E-state index in [2.05, 4.69) is 38.8 Å². The lowest BCUT2D eigenvalue weighted by Crippen LogP contribution is -2.44. The van der Waals surface area contributed by atoms with Crippen LogP contribution in [-0.4, -0.2) is 53.2 Å². The fraction of sp³-hybridized carbons (Fsp3) is 0.571. The number of alkyl halides is 3. The predicted octanol–water partition coefficient (Wildman–Crippen LogP) is 4.77. The van der Waals surface area contributed by atoms with Gasteiger partial charge in [-0.3, -0.25) is 9.80 Å². The van der Waals surface area contributed by atoms with Crippen LogP contribution < -0.4 is 0 Å². The van der Waals surface area contributed by atoms with Gasteiger partial charge in [-0.25, -0.2) is 4.79 Å². The van der Waals surface area contributed by atoms with Crippen LogP contribution in [0.25, 0.3) is 0 Å². The van der Waals surface area contributed by atoms with Crippen molar-refractivity contribution in [2.75, 3.05) is 26.2 Å². The molecular weight excluding hydrogens is 417 g/mol. The predicted molar refractivity (Wildman–Crippen MR) is 108 cm³/mol. The summed E-state index contributed by atoms with van der Waals surface area (Å²) in [4.78, 5) is 14.2. The third kappa shape index (κ3) is 6.33. The van der Waals surface area contributed by atoms with Crippen LogP contribution >= 0.6 is 11.3 Å². The Kier molecular flexibility index (Phi) is 7.26. The van der Waals surface area contributed by atoms with Gasteiger partial charge in [0.15, 0.2) is 0 Å². The van der Waals surface area contributed by atoms with Crippen molar-refractivity contribution >= 4 is 17.3 Å². The SMILES string of the molecule is Cc1ccc(CN2CCCC3(CCN(Cc4ccsc4)C3)C2)o1.O=C(O)C(F)(F)F. The van der Waals surface area contributed by atoms with Crippen LogP contribution in [0.3, 0.4) is 0 Å². The molecule has 2 aliphatic heterocycles. The van der Waals surface area contributed by atoms with Gasteiger partial charge in [0.25, 0.3) is 0 Å². The second-order valence-electron chi connectivity index (χ2n) is 8.22. The molecule has 4 heterocycles. The minimum absolute atomic E-state index is 0.510. The Morgan fingerprint density at radius 2 is 1.87 bits per heavy atom. The molecule has 1 N–H and O–H groups in total. The summed E-state index contributed by atoms with van der Waals surface area (Å²) >= 11 is 1.81. The Morgan fingerprint density at radius 3 is 2.43 bits per heavy atom. The number of thiophene rings is 1. The van der Waals surface area contributed by atoms with E-state index >= 15 is 0 Å². The zero-order valence-corrected chi connectivity index (χ0v) is 17.8. The highest BCUT2D eigenvalue weighted by atomic mass is 32.1. The summed E-state index contributed by atoms with van der Waals surface area (Å²) in [5.41, 5.74) is 1.99. The number of aryl methyl sites for hydroxylation is 1. The van der Waals surface area contributed by atoms with E-state index in [0.29, 0.717) is 5.41 Å². The second kappa shape index (κ2) is 9.53. The minimum Gasteiger partial charge on any atom is -0.475 e. The first-order chi connectivity index (χ1) is 14.2. The zero-order chi connectivity index (χ0) is 21.8. The van der Waals surface area contributed by atoms with Crippen molar-refractivity contribution in [3.05, 3.63) is 46.0 Å². The first-order valence-corrected chi connectivity index (χ1v) is 10.9. The molecule has 0 saturated carbocycles. The van der Waals surface area contributed by atoms with Crippen molar-refractivity contribution in [1.29, 1.82) is 0 Å². The van der Waals surface area contributed by atoms with E-state index in [0.717, 1.165) is 24.6 Å². The van der Waals surface area contributed by atoms with Crippen molar-refractivity contribution in [1.82, 2.24) is 9.80 Å². The summed E-state index contributed by atoms with van der Waals surface area (Å²) < 4.78 is 37.5. The standard InChI is InChI=1S/C19H26N2OS.C2HF3O2/c1-16-3-4-18(22-16)12-20-8-2-6-19(14-20)7-9-21(15-19)11-17-5-10-23-13-17;3-2(4,5)1(6)7/h3-5,10,13H,2,6-9,11-12,14-15H2,1H3;(H,6,7). The summed E-state index contributed by atoms with van der Waals surface area (Å²) in [5.74, 6) is -0.616. The molecular formula is C21H27F3N2O3S. The summed E-state index contributed by atoms with van der Waals surface area (Å²) in [6.07, 6.45) is -1.02. The molecule has 9 heteroatoms. The van der Waals surface area contributed by atoms with Crippen LogP contribution in [0.4, 0.5) is 13.2 Å². The van der Waals surface area contributed by atoms with Crippen LogP contribution in [-0.2, 0) is 17.9 Å². The summed E-state index contributed by atoms with van der Waals surface area (Å²) in [5, 5.41) is 11.6. The highest BCUT2D eigenvalue weighted by Gasteiger charge is 2.41. The number of furan rings is 1. The molecule has 2 aliphatic rings. The lowest BCUT2D eigenvalue weighted by atomic mass is 9.79. The third-order valence-electron chi connectivity index (χ3n) is 5.66. The monoisotopic (exact) mass is 444 g/mol. The van der Waals surface area contributed by atoms with E-state index in [1.54, 1.807) is 0 Å².